The molecule has 104 valence electrons. The van der Waals surface area contributed by atoms with Crippen LogP contribution in [0.4, 0.5) is 4.39 Å². The zero-order valence-electron chi connectivity index (χ0n) is 10.1. The Balaban J connectivity index is 2.17. The number of benzene rings is 2. The van der Waals surface area contributed by atoms with Gasteiger partial charge >= 0.3 is 5.97 Å². The van der Waals surface area contributed by atoms with Crippen LogP contribution >= 0.6 is 39.3 Å². The summed E-state index contributed by atoms with van der Waals surface area (Å²) in [7, 11) is 0. The highest BCUT2D eigenvalue weighted by Gasteiger charge is 2.10. The summed E-state index contributed by atoms with van der Waals surface area (Å²) in [6, 6.07) is 9.70. The second-order valence-corrected chi connectivity index (χ2v) is 6.23. The van der Waals surface area contributed by atoms with Gasteiger partial charge in [-0.15, -0.1) is 11.8 Å². The highest BCUT2D eigenvalue weighted by atomic mass is 79.9. The maximum absolute atomic E-state index is 13.3. The monoisotopic (exact) mass is 374 g/mol. The largest absolute Gasteiger partial charge is 0.478 e. The van der Waals surface area contributed by atoms with Crippen LogP contribution in [0.5, 0.6) is 0 Å². The van der Waals surface area contributed by atoms with E-state index in [2.05, 4.69) is 15.9 Å². The number of hydrogen-bond donors (Lipinski definition) is 1. The van der Waals surface area contributed by atoms with Crippen molar-refractivity contribution in [2.24, 2.45) is 0 Å². The number of halogens is 3. The Morgan fingerprint density at radius 2 is 2.10 bits per heavy atom. The molecule has 0 bridgehead atoms. The molecule has 2 aromatic rings. The first kappa shape index (κ1) is 15.4. The summed E-state index contributed by atoms with van der Waals surface area (Å²) in [4.78, 5) is 11.8. The van der Waals surface area contributed by atoms with Crippen molar-refractivity contribution in [1.29, 1.82) is 0 Å². The molecule has 0 amide bonds. The van der Waals surface area contributed by atoms with Gasteiger partial charge in [0.25, 0.3) is 0 Å². The van der Waals surface area contributed by atoms with Crippen molar-refractivity contribution in [2.75, 3.05) is 0 Å². The minimum Gasteiger partial charge on any atom is -0.478 e. The van der Waals surface area contributed by atoms with Crippen LogP contribution in [0.3, 0.4) is 0 Å². The predicted molar refractivity (Wildman–Crippen MR) is 82.1 cm³/mol. The highest BCUT2D eigenvalue weighted by molar-refractivity contribution is 9.10. The molecule has 2 nitrogen and oxygen atoms in total. The van der Waals surface area contributed by atoms with Gasteiger partial charge in [-0.1, -0.05) is 23.7 Å². The van der Waals surface area contributed by atoms with Gasteiger partial charge in [0, 0.05) is 15.1 Å². The highest BCUT2D eigenvalue weighted by Crippen LogP contribution is 2.30. The van der Waals surface area contributed by atoms with Crippen LogP contribution in [0.25, 0.3) is 0 Å². The molecule has 0 fully saturated rings. The quantitative estimate of drug-likeness (QED) is 0.743. The number of carboxylic acids is 1. The third-order valence-corrected chi connectivity index (χ3v) is 4.75. The third-order valence-electron chi connectivity index (χ3n) is 2.59. The molecule has 0 spiro atoms. The summed E-state index contributed by atoms with van der Waals surface area (Å²) < 4.78 is 13.8. The van der Waals surface area contributed by atoms with Crippen molar-refractivity contribution in [2.45, 2.75) is 10.6 Å². The van der Waals surface area contributed by atoms with Crippen LogP contribution in [0, 0.1) is 5.82 Å². The van der Waals surface area contributed by atoms with E-state index >= 15 is 0 Å². The van der Waals surface area contributed by atoms with E-state index in [4.69, 9.17) is 16.7 Å². The van der Waals surface area contributed by atoms with Crippen LogP contribution in [-0.4, -0.2) is 11.1 Å². The van der Waals surface area contributed by atoms with E-state index in [0.29, 0.717) is 15.8 Å². The number of carbonyl (C=O) groups is 1. The summed E-state index contributed by atoms with van der Waals surface area (Å²) in [5.74, 6) is -0.980. The van der Waals surface area contributed by atoms with E-state index in [1.54, 1.807) is 30.3 Å². The summed E-state index contributed by atoms with van der Waals surface area (Å²) in [6.45, 7) is 0. The molecule has 0 saturated heterocycles. The van der Waals surface area contributed by atoms with E-state index in [0.717, 1.165) is 4.90 Å². The summed E-state index contributed by atoms with van der Waals surface area (Å²) in [5, 5.41) is 9.15. The van der Waals surface area contributed by atoms with E-state index in [-0.39, 0.29) is 10.6 Å². The SMILES string of the molecule is O=C(O)c1cc(SCc2cccc(F)c2Cl)ccc1Br. The molecule has 2 aromatic carbocycles. The molecule has 0 atom stereocenters. The Bertz CT molecular complexity index is 664. The van der Waals surface area contributed by atoms with Gasteiger partial charge in [0.2, 0.25) is 0 Å². The molecule has 0 saturated carbocycles. The average molecular weight is 376 g/mol. The maximum Gasteiger partial charge on any atom is 0.336 e. The molecule has 2 rings (SSSR count). The molecule has 1 N–H and O–H groups in total. The molecule has 0 aliphatic carbocycles. The second kappa shape index (κ2) is 6.61. The zero-order chi connectivity index (χ0) is 14.7. The van der Waals surface area contributed by atoms with Gasteiger partial charge in [-0.25, -0.2) is 9.18 Å². The topological polar surface area (TPSA) is 37.3 Å². The Hall–Kier alpha value is -1.04. The van der Waals surface area contributed by atoms with Crippen LogP contribution in [-0.2, 0) is 5.75 Å². The lowest BCUT2D eigenvalue weighted by atomic mass is 10.2. The van der Waals surface area contributed by atoms with Gasteiger partial charge in [-0.05, 0) is 45.8 Å². The van der Waals surface area contributed by atoms with Crippen molar-refractivity contribution in [3.8, 4) is 0 Å². The first-order chi connectivity index (χ1) is 9.49. The van der Waals surface area contributed by atoms with Gasteiger partial charge in [0.15, 0.2) is 0 Å². The number of carboxylic acid groups (broad SMARTS) is 1. The fraction of sp³-hybridized carbons (Fsp3) is 0.0714. The minimum atomic E-state index is -0.997. The number of rotatable bonds is 4. The molecule has 0 aliphatic rings. The first-order valence-corrected chi connectivity index (χ1v) is 7.73. The lowest BCUT2D eigenvalue weighted by Gasteiger charge is -2.07. The van der Waals surface area contributed by atoms with Crippen LogP contribution < -0.4 is 0 Å². The van der Waals surface area contributed by atoms with E-state index < -0.39 is 11.8 Å². The standard InChI is InChI=1S/C14H9BrClFO2S/c15-11-5-4-9(6-10(11)14(18)19)20-7-8-2-1-3-12(17)13(8)16/h1-6H,7H2,(H,18,19). The van der Waals surface area contributed by atoms with Gasteiger partial charge in [-0.2, -0.15) is 0 Å². The van der Waals surface area contributed by atoms with E-state index in [9.17, 15) is 9.18 Å². The van der Waals surface area contributed by atoms with E-state index in [1.807, 2.05) is 0 Å². The molecule has 0 heterocycles. The van der Waals surface area contributed by atoms with Crippen LogP contribution in [0.1, 0.15) is 15.9 Å². The minimum absolute atomic E-state index is 0.107. The van der Waals surface area contributed by atoms with Gasteiger partial charge < -0.3 is 5.11 Å². The zero-order valence-corrected chi connectivity index (χ0v) is 13.2. The summed E-state index contributed by atoms with van der Waals surface area (Å²) >= 11 is 10.5. The maximum atomic E-state index is 13.3. The van der Waals surface area contributed by atoms with Crippen molar-refractivity contribution in [1.82, 2.24) is 0 Å². The Morgan fingerprint density at radius 3 is 2.80 bits per heavy atom. The summed E-state index contributed by atoms with van der Waals surface area (Å²) in [6.07, 6.45) is 0. The fourth-order valence-corrected chi connectivity index (χ4v) is 3.20. The van der Waals surface area contributed by atoms with Crippen molar-refractivity contribution < 1.29 is 14.3 Å². The van der Waals surface area contributed by atoms with Gasteiger partial charge in [0.05, 0.1) is 10.6 Å². The van der Waals surface area contributed by atoms with Crippen molar-refractivity contribution >= 4 is 45.3 Å². The Labute approximate surface area is 133 Å². The molecule has 0 unspecified atom stereocenters. The molecule has 0 radical (unpaired) electrons. The summed E-state index contributed by atoms with van der Waals surface area (Å²) in [5.41, 5.74) is 0.872. The smallest absolute Gasteiger partial charge is 0.336 e. The lowest BCUT2D eigenvalue weighted by molar-refractivity contribution is 0.0695. The third kappa shape index (κ3) is 3.53. The first-order valence-electron chi connectivity index (χ1n) is 5.57. The molecule has 0 aliphatic heterocycles. The Kier molecular flexibility index (Phi) is 5.07. The van der Waals surface area contributed by atoms with Gasteiger partial charge in [0.1, 0.15) is 5.82 Å². The van der Waals surface area contributed by atoms with Crippen LogP contribution in [0.15, 0.2) is 45.8 Å². The number of aromatic carboxylic acids is 1. The van der Waals surface area contributed by atoms with Crippen LogP contribution in [0.2, 0.25) is 5.02 Å². The van der Waals surface area contributed by atoms with Crippen molar-refractivity contribution in [3.63, 3.8) is 0 Å². The van der Waals surface area contributed by atoms with Gasteiger partial charge in [-0.3, -0.25) is 0 Å². The van der Waals surface area contributed by atoms with Crippen molar-refractivity contribution in [3.05, 3.63) is 62.8 Å². The number of thioether (sulfide) groups is 1. The average Bonchev–Trinajstić information content (AvgIpc) is 2.41. The Morgan fingerprint density at radius 1 is 1.35 bits per heavy atom. The second-order valence-electron chi connectivity index (χ2n) is 3.95. The predicted octanol–water partition coefficient (Wildman–Crippen LogP) is 5.23. The number of hydrogen-bond acceptors (Lipinski definition) is 2. The fourth-order valence-electron chi connectivity index (χ4n) is 1.58. The van der Waals surface area contributed by atoms with E-state index in [1.165, 1.54) is 17.8 Å². The normalized spacial score (nSPS) is 10.6. The molecule has 20 heavy (non-hydrogen) atoms. The molecular formula is C14H9BrClFO2S. The molecular weight excluding hydrogens is 367 g/mol. The molecule has 0 aromatic heterocycles. The molecule has 6 heteroatoms. The lowest BCUT2D eigenvalue weighted by Crippen LogP contribution is -1.97.